The molecule has 0 bridgehead atoms. The van der Waals surface area contributed by atoms with E-state index in [1.165, 1.54) is 5.56 Å². The zero-order valence-corrected chi connectivity index (χ0v) is 12.8. The number of amides is 1. The van der Waals surface area contributed by atoms with Gasteiger partial charge in [0, 0.05) is 12.0 Å². The average molecular weight is 295 g/mol. The Morgan fingerprint density at radius 3 is 2.55 bits per heavy atom. The molecule has 4 heteroatoms. The van der Waals surface area contributed by atoms with Crippen molar-refractivity contribution in [2.75, 3.05) is 10.6 Å². The summed E-state index contributed by atoms with van der Waals surface area (Å²) in [5.41, 5.74) is 1.97. The Hall–Kier alpha value is -2.36. The molecule has 1 saturated carbocycles. The third-order valence-electron chi connectivity index (χ3n) is 4.17. The van der Waals surface area contributed by atoms with Crippen molar-refractivity contribution < 1.29 is 4.79 Å². The average Bonchev–Trinajstić information content (AvgIpc) is 2.48. The van der Waals surface area contributed by atoms with Crippen LogP contribution < -0.4 is 10.6 Å². The number of hydrogen-bond acceptors (Lipinski definition) is 3. The van der Waals surface area contributed by atoms with Gasteiger partial charge in [0.25, 0.3) is 0 Å². The minimum atomic E-state index is 0.117. The van der Waals surface area contributed by atoms with E-state index in [1.54, 1.807) is 6.20 Å². The van der Waals surface area contributed by atoms with E-state index in [9.17, 15) is 4.79 Å². The molecule has 3 rings (SSSR count). The van der Waals surface area contributed by atoms with Gasteiger partial charge in [0.15, 0.2) is 0 Å². The first-order valence-electron chi connectivity index (χ1n) is 7.81. The molecule has 1 atom stereocenters. The van der Waals surface area contributed by atoms with Crippen molar-refractivity contribution >= 4 is 17.4 Å². The van der Waals surface area contributed by atoms with Gasteiger partial charge in [-0.15, -0.1) is 0 Å². The van der Waals surface area contributed by atoms with Crippen molar-refractivity contribution in [1.29, 1.82) is 0 Å². The first-order chi connectivity index (χ1) is 10.7. The van der Waals surface area contributed by atoms with Gasteiger partial charge in [-0.1, -0.05) is 36.8 Å². The molecule has 4 nitrogen and oxygen atoms in total. The van der Waals surface area contributed by atoms with Gasteiger partial charge in [0.1, 0.15) is 5.82 Å². The third kappa shape index (κ3) is 3.45. The molecule has 0 saturated heterocycles. The molecule has 0 radical (unpaired) electrons. The molecular formula is C18H21N3O. The molecule has 1 aliphatic carbocycles. The van der Waals surface area contributed by atoms with Gasteiger partial charge in [-0.3, -0.25) is 4.79 Å². The lowest BCUT2D eigenvalue weighted by Gasteiger charge is -2.24. The van der Waals surface area contributed by atoms with Gasteiger partial charge < -0.3 is 10.6 Å². The van der Waals surface area contributed by atoms with Crippen molar-refractivity contribution in [1.82, 2.24) is 4.98 Å². The van der Waals surface area contributed by atoms with Crippen LogP contribution in [0.4, 0.5) is 11.5 Å². The summed E-state index contributed by atoms with van der Waals surface area (Å²) in [5.74, 6) is 1.11. The second-order valence-corrected chi connectivity index (χ2v) is 5.83. The lowest BCUT2D eigenvalue weighted by Crippen LogP contribution is -2.28. The standard InChI is InChI=1S/C18H21N3O/c1-13(14-6-3-2-4-7-14)20-17-11-10-16(12-19-17)21-18(22)15-8-5-9-15/h2-4,6-7,10-13,15H,5,8-9H2,1H3,(H,19,20)(H,21,22). The van der Waals surface area contributed by atoms with E-state index in [0.29, 0.717) is 0 Å². The molecule has 1 fully saturated rings. The fourth-order valence-corrected chi connectivity index (χ4v) is 2.51. The number of anilines is 2. The van der Waals surface area contributed by atoms with Crippen LogP contribution in [0, 0.1) is 5.92 Å². The summed E-state index contributed by atoms with van der Waals surface area (Å²) in [7, 11) is 0. The largest absolute Gasteiger partial charge is 0.364 e. The van der Waals surface area contributed by atoms with E-state index >= 15 is 0 Å². The van der Waals surface area contributed by atoms with E-state index in [4.69, 9.17) is 0 Å². The fraction of sp³-hybridized carbons (Fsp3) is 0.333. The molecule has 1 unspecified atom stereocenters. The molecule has 1 aromatic heterocycles. The molecule has 1 aromatic carbocycles. The maximum atomic E-state index is 11.9. The smallest absolute Gasteiger partial charge is 0.227 e. The van der Waals surface area contributed by atoms with E-state index in [-0.39, 0.29) is 17.9 Å². The molecule has 1 heterocycles. The quantitative estimate of drug-likeness (QED) is 0.877. The SMILES string of the molecule is CC(Nc1ccc(NC(=O)C2CCC2)cn1)c1ccccc1. The zero-order valence-electron chi connectivity index (χ0n) is 12.8. The molecule has 0 spiro atoms. The van der Waals surface area contributed by atoms with Gasteiger partial charge >= 0.3 is 0 Å². The van der Waals surface area contributed by atoms with Crippen molar-refractivity contribution in [3.8, 4) is 0 Å². The molecule has 1 aliphatic rings. The normalized spacial score (nSPS) is 15.7. The summed E-state index contributed by atoms with van der Waals surface area (Å²) in [6.45, 7) is 2.10. The number of rotatable bonds is 5. The second kappa shape index (κ2) is 6.60. The van der Waals surface area contributed by atoms with Crippen LogP contribution in [0.2, 0.25) is 0 Å². The highest BCUT2D eigenvalue weighted by Crippen LogP contribution is 2.27. The van der Waals surface area contributed by atoms with E-state index in [0.717, 1.165) is 30.8 Å². The van der Waals surface area contributed by atoms with Gasteiger partial charge in [-0.2, -0.15) is 0 Å². The third-order valence-corrected chi connectivity index (χ3v) is 4.17. The molecular weight excluding hydrogens is 274 g/mol. The maximum absolute atomic E-state index is 11.9. The van der Waals surface area contributed by atoms with Crippen LogP contribution in [0.5, 0.6) is 0 Å². The Morgan fingerprint density at radius 1 is 1.18 bits per heavy atom. The van der Waals surface area contributed by atoms with Gasteiger partial charge in [-0.25, -0.2) is 4.98 Å². The fourth-order valence-electron chi connectivity index (χ4n) is 2.51. The number of pyridine rings is 1. The molecule has 22 heavy (non-hydrogen) atoms. The molecule has 2 N–H and O–H groups in total. The van der Waals surface area contributed by atoms with Gasteiger partial charge in [0.2, 0.25) is 5.91 Å². The summed E-state index contributed by atoms with van der Waals surface area (Å²) < 4.78 is 0. The van der Waals surface area contributed by atoms with Crippen LogP contribution in [0.15, 0.2) is 48.7 Å². The van der Waals surface area contributed by atoms with Crippen LogP contribution in [-0.2, 0) is 4.79 Å². The highest BCUT2D eigenvalue weighted by molar-refractivity contribution is 5.92. The number of carbonyl (C=O) groups is 1. The maximum Gasteiger partial charge on any atom is 0.227 e. The predicted molar refractivity (Wildman–Crippen MR) is 88.7 cm³/mol. The zero-order chi connectivity index (χ0) is 15.4. The van der Waals surface area contributed by atoms with Crippen molar-refractivity contribution in [3.63, 3.8) is 0 Å². The summed E-state index contributed by atoms with van der Waals surface area (Å²) in [5, 5.41) is 6.29. The number of benzene rings is 1. The number of nitrogens with zero attached hydrogens (tertiary/aromatic N) is 1. The Morgan fingerprint density at radius 2 is 1.95 bits per heavy atom. The van der Waals surface area contributed by atoms with Crippen LogP contribution >= 0.6 is 0 Å². The van der Waals surface area contributed by atoms with Crippen LogP contribution in [0.25, 0.3) is 0 Å². The first-order valence-corrected chi connectivity index (χ1v) is 7.81. The Labute approximate surface area is 131 Å². The highest BCUT2D eigenvalue weighted by atomic mass is 16.1. The summed E-state index contributed by atoms with van der Waals surface area (Å²) >= 11 is 0. The first kappa shape index (κ1) is 14.6. The van der Waals surface area contributed by atoms with Crippen LogP contribution in [0.1, 0.15) is 37.8 Å². The number of aromatic nitrogens is 1. The minimum Gasteiger partial charge on any atom is -0.364 e. The lowest BCUT2D eigenvalue weighted by atomic mass is 9.85. The summed E-state index contributed by atoms with van der Waals surface area (Å²) in [6.07, 6.45) is 4.88. The van der Waals surface area contributed by atoms with E-state index in [2.05, 4.69) is 34.7 Å². The van der Waals surface area contributed by atoms with Crippen molar-refractivity contribution in [3.05, 3.63) is 54.2 Å². The Balaban J connectivity index is 1.58. The van der Waals surface area contributed by atoms with Crippen molar-refractivity contribution in [2.45, 2.75) is 32.2 Å². The molecule has 2 aromatic rings. The molecule has 0 aliphatic heterocycles. The van der Waals surface area contributed by atoms with Crippen LogP contribution in [-0.4, -0.2) is 10.9 Å². The topological polar surface area (TPSA) is 54.0 Å². The molecule has 1 amide bonds. The predicted octanol–water partition coefficient (Wildman–Crippen LogP) is 3.99. The highest BCUT2D eigenvalue weighted by Gasteiger charge is 2.25. The van der Waals surface area contributed by atoms with Gasteiger partial charge in [0.05, 0.1) is 11.9 Å². The van der Waals surface area contributed by atoms with Crippen LogP contribution in [0.3, 0.4) is 0 Å². The minimum absolute atomic E-state index is 0.117. The Kier molecular flexibility index (Phi) is 4.37. The summed E-state index contributed by atoms with van der Waals surface area (Å²) in [6, 6.07) is 14.2. The van der Waals surface area contributed by atoms with E-state index in [1.807, 2.05) is 30.3 Å². The lowest BCUT2D eigenvalue weighted by molar-refractivity contribution is -0.122. The van der Waals surface area contributed by atoms with Gasteiger partial charge in [-0.05, 0) is 37.5 Å². The molecule has 114 valence electrons. The van der Waals surface area contributed by atoms with E-state index < -0.39 is 0 Å². The number of nitrogens with one attached hydrogen (secondary N) is 2. The summed E-state index contributed by atoms with van der Waals surface area (Å²) in [4.78, 5) is 16.3. The second-order valence-electron chi connectivity index (χ2n) is 5.83. The number of carbonyl (C=O) groups excluding carboxylic acids is 1. The monoisotopic (exact) mass is 295 g/mol. The van der Waals surface area contributed by atoms with Crippen molar-refractivity contribution in [2.24, 2.45) is 5.92 Å². The Bertz CT molecular complexity index is 621. The number of hydrogen-bond donors (Lipinski definition) is 2.